The van der Waals surface area contributed by atoms with Gasteiger partial charge in [-0.2, -0.15) is 0 Å². The average Bonchev–Trinajstić information content (AvgIpc) is 2.70. The summed E-state index contributed by atoms with van der Waals surface area (Å²) in [6.45, 7) is 7.45. The molecule has 0 amide bonds. The summed E-state index contributed by atoms with van der Waals surface area (Å²) in [5.74, 6) is 2.28. The molecule has 0 aromatic heterocycles. The van der Waals surface area contributed by atoms with E-state index in [-0.39, 0.29) is 5.41 Å². The van der Waals surface area contributed by atoms with E-state index in [1.54, 1.807) is 5.57 Å². The fraction of sp³-hybridized carbons (Fsp3) is 0.867. The van der Waals surface area contributed by atoms with E-state index in [9.17, 15) is 5.11 Å². The Hall–Kier alpha value is -0.300. The van der Waals surface area contributed by atoms with Crippen molar-refractivity contribution in [2.24, 2.45) is 28.6 Å². The molecule has 5 atom stereocenters. The van der Waals surface area contributed by atoms with Gasteiger partial charge in [-0.3, -0.25) is 0 Å². The van der Waals surface area contributed by atoms with Crippen LogP contribution >= 0.6 is 0 Å². The molecule has 16 heavy (non-hydrogen) atoms. The first-order chi connectivity index (χ1) is 7.54. The van der Waals surface area contributed by atoms with Crippen LogP contribution in [0, 0.1) is 28.6 Å². The van der Waals surface area contributed by atoms with Crippen molar-refractivity contribution in [2.45, 2.75) is 46.5 Å². The summed E-state index contributed by atoms with van der Waals surface area (Å²) >= 11 is 0. The van der Waals surface area contributed by atoms with Gasteiger partial charge in [0.15, 0.2) is 0 Å². The van der Waals surface area contributed by atoms with Crippen molar-refractivity contribution < 1.29 is 5.11 Å². The van der Waals surface area contributed by atoms with Crippen LogP contribution in [-0.2, 0) is 0 Å². The fourth-order valence-corrected chi connectivity index (χ4v) is 5.32. The van der Waals surface area contributed by atoms with Gasteiger partial charge >= 0.3 is 0 Å². The highest BCUT2D eigenvalue weighted by atomic mass is 16.3. The summed E-state index contributed by atoms with van der Waals surface area (Å²) in [5, 5.41) is 9.90. The predicted octanol–water partition coefficient (Wildman–Crippen LogP) is 3.39. The van der Waals surface area contributed by atoms with Gasteiger partial charge in [-0.25, -0.2) is 0 Å². The molecule has 1 nitrogen and oxygen atoms in total. The Labute approximate surface area is 98.9 Å². The predicted molar refractivity (Wildman–Crippen MR) is 66.0 cm³/mol. The lowest BCUT2D eigenvalue weighted by molar-refractivity contribution is 0.0398. The van der Waals surface area contributed by atoms with Crippen molar-refractivity contribution in [3.05, 3.63) is 11.6 Å². The fourth-order valence-electron chi connectivity index (χ4n) is 5.32. The van der Waals surface area contributed by atoms with Gasteiger partial charge in [-0.15, -0.1) is 0 Å². The molecule has 2 fully saturated rings. The smallest absolute Gasteiger partial charge is 0.0490 e. The highest BCUT2D eigenvalue weighted by Crippen LogP contribution is 2.70. The number of hydrogen-bond acceptors (Lipinski definition) is 1. The van der Waals surface area contributed by atoms with E-state index < -0.39 is 0 Å². The molecule has 3 aliphatic rings. The second kappa shape index (κ2) is 3.13. The van der Waals surface area contributed by atoms with Gasteiger partial charge in [0, 0.05) is 6.61 Å². The number of allylic oxidation sites excluding steroid dienone is 2. The zero-order valence-corrected chi connectivity index (χ0v) is 10.8. The average molecular weight is 220 g/mol. The van der Waals surface area contributed by atoms with E-state index in [2.05, 4.69) is 26.8 Å². The molecule has 0 aromatic carbocycles. The summed E-state index contributed by atoms with van der Waals surface area (Å²) in [5.41, 5.74) is 2.30. The number of fused-ring (bicyclic) bond motifs is 1. The van der Waals surface area contributed by atoms with Crippen LogP contribution in [0.2, 0.25) is 0 Å². The van der Waals surface area contributed by atoms with Crippen LogP contribution < -0.4 is 0 Å². The van der Waals surface area contributed by atoms with Crippen molar-refractivity contribution in [1.82, 2.24) is 0 Å². The molecule has 1 heteroatoms. The molecule has 2 saturated carbocycles. The van der Waals surface area contributed by atoms with Crippen molar-refractivity contribution in [1.29, 1.82) is 0 Å². The van der Waals surface area contributed by atoms with E-state index in [1.807, 2.05) is 0 Å². The first-order valence-corrected chi connectivity index (χ1v) is 6.83. The van der Waals surface area contributed by atoms with E-state index in [4.69, 9.17) is 0 Å². The SMILES string of the molecule is CC1=CC[C@@H]2[C@]13CC[C@@H](C)[C@H](C3)[C@]2(C)CO. The molecule has 1 N–H and O–H groups in total. The molecule has 3 rings (SSSR count). The van der Waals surface area contributed by atoms with Crippen molar-refractivity contribution in [3.63, 3.8) is 0 Å². The van der Waals surface area contributed by atoms with E-state index in [0.29, 0.717) is 12.0 Å². The molecule has 90 valence electrons. The van der Waals surface area contributed by atoms with Gasteiger partial charge < -0.3 is 5.11 Å². The Bertz CT molecular complexity index is 345. The molecule has 0 heterocycles. The zero-order chi connectivity index (χ0) is 11.6. The second-order valence-electron chi connectivity index (χ2n) is 6.82. The molecule has 0 radical (unpaired) electrons. The third-order valence-corrected chi connectivity index (χ3v) is 6.41. The van der Waals surface area contributed by atoms with Crippen molar-refractivity contribution >= 4 is 0 Å². The molecular weight excluding hydrogens is 196 g/mol. The minimum absolute atomic E-state index is 0.185. The van der Waals surface area contributed by atoms with Crippen LogP contribution in [-0.4, -0.2) is 11.7 Å². The lowest BCUT2D eigenvalue weighted by atomic mass is 9.67. The summed E-state index contributed by atoms with van der Waals surface area (Å²) < 4.78 is 0. The maximum Gasteiger partial charge on any atom is 0.0490 e. The Morgan fingerprint density at radius 2 is 2.25 bits per heavy atom. The first kappa shape index (κ1) is 10.8. The maximum absolute atomic E-state index is 9.90. The third kappa shape index (κ3) is 1.01. The Morgan fingerprint density at radius 3 is 2.94 bits per heavy atom. The Morgan fingerprint density at radius 1 is 1.50 bits per heavy atom. The molecular formula is C15H24O. The Balaban J connectivity index is 2.07. The third-order valence-electron chi connectivity index (χ3n) is 6.41. The van der Waals surface area contributed by atoms with Gasteiger partial charge in [0.2, 0.25) is 0 Å². The minimum atomic E-state index is 0.185. The van der Waals surface area contributed by atoms with Crippen LogP contribution in [0.3, 0.4) is 0 Å². The van der Waals surface area contributed by atoms with E-state index in [0.717, 1.165) is 17.8 Å². The topological polar surface area (TPSA) is 20.2 Å². The highest BCUT2D eigenvalue weighted by molar-refractivity contribution is 5.29. The number of aliphatic hydroxyl groups excluding tert-OH is 1. The lowest BCUT2D eigenvalue weighted by Gasteiger charge is -2.37. The first-order valence-electron chi connectivity index (χ1n) is 6.83. The van der Waals surface area contributed by atoms with Gasteiger partial charge in [0.05, 0.1) is 0 Å². The summed E-state index contributed by atoms with van der Waals surface area (Å²) in [6, 6.07) is 0. The van der Waals surface area contributed by atoms with Gasteiger partial charge in [0.25, 0.3) is 0 Å². The van der Waals surface area contributed by atoms with Crippen LogP contribution in [0.5, 0.6) is 0 Å². The largest absolute Gasteiger partial charge is 0.396 e. The zero-order valence-electron chi connectivity index (χ0n) is 10.8. The van der Waals surface area contributed by atoms with E-state index >= 15 is 0 Å². The highest BCUT2D eigenvalue weighted by Gasteiger charge is 2.64. The molecule has 0 unspecified atom stereocenters. The van der Waals surface area contributed by atoms with Gasteiger partial charge in [-0.05, 0) is 61.2 Å². The molecule has 1 spiro atoms. The number of aliphatic hydroxyl groups is 1. The van der Waals surface area contributed by atoms with Gasteiger partial charge in [-0.1, -0.05) is 25.5 Å². The van der Waals surface area contributed by atoms with Crippen LogP contribution in [0.1, 0.15) is 46.5 Å². The number of hydrogen-bond donors (Lipinski definition) is 1. The summed E-state index contributed by atoms with van der Waals surface area (Å²) in [4.78, 5) is 0. The standard InChI is InChI=1S/C15H24O/c1-10-6-7-15-8-12(10)14(3,9-16)13(15)5-4-11(15)2/h4,10,12-13,16H,5-9H2,1-3H3/t10-,12+,13+,14+,15+/m1/s1. The maximum atomic E-state index is 9.90. The normalized spacial score (nSPS) is 55.0. The number of rotatable bonds is 1. The van der Waals surface area contributed by atoms with Gasteiger partial charge in [0.1, 0.15) is 0 Å². The van der Waals surface area contributed by atoms with Crippen molar-refractivity contribution in [2.75, 3.05) is 6.61 Å². The monoisotopic (exact) mass is 220 g/mol. The van der Waals surface area contributed by atoms with E-state index in [1.165, 1.54) is 25.7 Å². The molecule has 0 aromatic rings. The van der Waals surface area contributed by atoms with Crippen molar-refractivity contribution in [3.8, 4) is 0 Å². The molecule has 0 saturated heterocycles. The van der Waals surface area contributed by atoms with Crippen LogP contribution in [0.15, 0.2) is 11.6 Å². The second-order valence-corrected chi connectivity index (χ2v) is 6.82. The lowest BCUT2D eigenvalue weighted by Crippen LogP contribution is -2.35. The molecule has 2 bridgehead atoms. The summed E-state index contributed by atoms with van der Waals surface area (Å²) in [7, 11) is 0. The molecule has 3 aliphatic carbocycles. The van der Waals surface area contributed by atoms with Crippen LogP contribution in [0.4, 0.5) is 0 Å². The summed E-state index contributed by atoms with van der Waals surface area (Å²) in [6.07, 6.45) is 7.74. The Kier molecular flexibility index (Phi) is 2.12. The molecule has 0 aliphatic heterocycles. The quantitative estimate of drug-likeness (QED) is 0.672. The minimum Gasteiger partial charge on any atom is -0.396 e. The van der Waals surface area contributed by atoms with Crippen LogP contribution in [0.25, 0.3) is 0 Å².